The van der Waals surface area contributed by atoms with Crippen LogP contribution in [0.15, 0.2) is 52.3 Å². The summed E-state index contributed by atoms with van der Waals surface area (Å²) in [7, 11) is 4.21. The third-order valence-electron chi connectivity index (χ3n) is 4.26. The van der Waals surface area contributed by atoms with Gasteiger partial charge in [0.2, 0.25) is 0 Å². The van der Waals surface area contributed by atoms with Crippen molar-refractivity contribution >= 4 is 41.3 Å². The van der Waals surface area contributed by atoms with E-state index in [1.807, 2.05) is 13.0 Å². The van der Waals surface area contributed by atoms with Crippen LogP contribution in [-0.2, 0) is 0 Å². The lowest BCUT2D eigenvalue weighted by atomic mass is 10.1. The second-order valence-corrected chi connectivity index (χ2v) is 7.42. The predicted octanol–water partition coefficient (Wildman–Crippen LogP) is 5.26. The molecule has 134 valence electrons. The molecule has 25 heavy (non-hydrogen) atoms. The van der Waals surface area contributed by atoms with Gasteiger partial charge in [0, 0.05) is 28.3 Å². The molecule has 0 aliphatic carbocycles. The Morgan fingerprint density at radius 1 is 1.08 bits per heavy atom. The molecule has 5 heteroatoms. The Morgan fingerprint density at radius 3 is 2.52 bits per heavy atom. The van der Waals surface area contributed by atoms with Crippen LogP contribution in [0.2, 0.25) is 0 Å². The first-order chi connectivity index (χ1) is 11.6. The molecule has 0 fully saturated rings. The smallest absolute Gasteiger partial charge is 0.162 e. The monoisotopic (exact) mass is 376 g/mol. The van der Waals surface area contributed by atoms with E-state index < -0.39 is 0 Å². The van der Waals surface area contributed by atoms with E-state index in [4.69, 9.17) is 0 Å². The normalized spacial score (nSPS) is 12.4. The molecule has 0 radical (unpaired) electrons. The van der Waals surface area contributed by atoms with E-state index in [-0.39, 0.29) is 18.2 Å². The molecule has 0 N–H and O–H groups in total. The summed E-state index contributed by atoms with van der Waals surface area (Å²) >= 11 is 1.79. The summed E-state index contributed by atoms with van der Waals surface area (Å²) in [6.07, 6.45) is 1.63. The highest BCUT2D eigenvalue weighted by Crippen LogP contribution is 2.48. The van der Waals surface area contributed by atoms with Gasteiger partial charge in [-0.2, -0.15) is 0 Å². The summed E-state index contributed by atoms with van der Waals surface area (Å²) in [5, 5.41) is 0. The minimum Gasteiger partial charge on any atom is -0.340 e. The summed E-state index contributed by atoms with van der Waals surface area (Å²) in [6.45, 7) is 3.92. The van der Waals surface area contributed by atoms with Crippen LogP contribution in [0.4, 0.5) is 11.4 Å². The molecule has 0 bridgehead atoms. The topological polar surface area (TPSA) is 23.6 Å². The van der Waals surface area contributed by atoms with Gasteiger partial charge in [-0.15, -0.1) is 12.4 Å². The van der Waals surface area contributed by atoms with Crippen molar-refractivity contribution in [1.29, 1.82) is 0 Å². The van der Waals surface area contributed by atoms with Gasteiger partial charge in [-0.25, -0.2) is 0 Å². The molecule has 0 saturated heterocycles. The molecule has 2 aromatic carbocycles. The summed E-state index contributed by atoms with van der Waals surface area (Å²) in [5.74, 6) is 0.204. The second-order valence-electron chi connectivity index (χ2n) is 6.34. The number of fused-ring (bicyclic) bond motifs is 2. The fourth-order valence-electron chi connectivity index (χ4n) is 2.99. The molecule has 0 spiro atoms. The number of benzene rings is 2. The highest BCUT2D eigenvalue weighted by Gasteiger charge is 2.23. The third-order valence-corrected chi connectivity index (χ3v) is 5.39. The number of para-hydroxylation sites is 1. The minimum atomic E-state index is 0. The number of Topliss-reactive ketones (excluding diaryl/α,β-unsaturated/α-hetero) is 1. The molecular formula is C20H25ClN2OS. The van der Waals surface area contributed by atoms with E-state index in [1.165, 1.54) is 15.5 Å². The van der Waals surface area contributed by atoms with E-state index >= 15 is 0 Å². The van der Waals surface area contributed by atoms with Gasteiger partial charge in [-0.05, 0) is 51.3 Å². The van der Waals surface area contributed by atoms with Crippen LogP contribution in [0.3, 0.4) is 0 Å². The molecule has 0 atom stereocenters. The van der Waals surface area contributed by atoms with Gasteiger partial charge in [0.05, 0.1) is 11.4 Å². The number of halogens is 1. The second kappa shape index (κ2) is 8.75. The average Bonchev–Trinajstić information content (AvgIpc) is 2.59. The van der Waals surface area contributed by atoms with Gasteiger partial charge in [0.15, 0.2) is 5.78 Å². The standard InChI is InChI=1S/C20H24N2OS.ClH/c1-4-18(23)15-10-11-20-17(14-15)22(13-7-12-21(2)3)16-8-5-6-9-19(16)24-20;/h5-6,8-11,14H,4,7,12-13H2,1-3H3;1H. The molecule has 0 saturated carbocycles. The summed E-state index contributed by atoms with van der Waals surface area (Å²) in [5.41, 5.74) is 3.22. The zero-order chi connectivity index (χ0) is 17.1. The molecule has 1 aliphatic rings. The molecule has 1 heterocycles. The zero-order valence-electron chi connectivity index (χ0n) is 15.0. The van der Waals surface area contributed by atoms with Crippen molar-refractivity contribution in [2.45, 2.75) is 29.6 Å². The summed E-state index contributed by atoms with van der Waals surface area (Å²) in [4.78, 5) is 19.2. The van der Waals surface area contributed by atoms with Crippen LogP contribution >= 0.6 is 24.2 Å². The van der Waals surface area contributed by atoms with Crippen molar-refractivity contribution in [2.24, 2.45) is 0 Å². The van der Waals surface area contributed by atoms with Crippen molar-refractivity contribution < 1.29 is 4.79 Å². The molecule has 0 unspecified atom stereocenters. The largest absolute Gasteiger partial charge is 0.340 e. The zero-order valence-corrected chi connectivity index (χ0v) is 16.6. The van der Waals surface area contributed by atoms with Crippen molar-refractivity contribution in [1.82, 2.24) is 4.90 Å². The van der Waals surface area contributed by atoms with E-state index in [0.717, 1.165) is 30.8 Å². The van der Waals surface area contributed by atoms with E-state index in [1.54, 1.807) is 11.8 Å². The number of anilines is 2. The number of hydrogen-bond acceptors (Lipinski definition) is 4. The van der Waals surface area contributed by atoms with Crippen LogP contribution in [0.1, 0.15) is 30.1 Å². The number of carbonyl (C=O) groups is 1. The average molecular weight is 377 g/mol. The fraction of sp³-hybridized carbons (Fsp3) is 0.350. The van der Waals surface area contributed by atoms with Gasteiger partial charge in [-0.1, -0.05) is 36.9 Å². The summed E-state index contributed by atoms with van der Waals surface area (Å²) in [6, 6.07) is 14.7. The van der Waals surface area contributed by atoms with Crippen LogP contribution in [0.5, 0.6) is 0 Å². The maximum Gasteiger partial charge on any atom is 0.162 e. The predicted molar refractivity (Wildman–Crippen MR) is 109 cm³/mol. The molecule has 0 aromatic heterocycles. The Bertz CT molecular complexity index is 748. The lowest BCUT2D eigenvalue weighted by Gasteiger charge is -2.33. The third kappa shape index (κ3) is 4.38. The molecule has 0 amide bonds. The molecule has 1 aliphatic heterocycles. The van der Waals surface area contributed by atoms with E-state index in [9.17, 15) is 4.79 Å². The quantitative estimate of drug-likeness (QED) is 0.642. The van der Waals surface area contributed by atoms with Crippen molar-refractivity contribution in [3.05, 3.63) is 48.0 Å². The molecule has 3 rings (SSSR count). The number of rotatable bonds is 6. The number of ketones is 1. The van der Waals surface area contributed by atoms with Crippen molar-refractivity contribution in [3.63, 3.8) is 0 Å². The lowest BCUT2D eigenvalue weighted by Crippen LogP contribution is -2.25. The maximum absolute atomic E-state index is 12.1. The van der Waals surface area contributed by atoms with Gasteiger partial charge >= 0.3 is 0 Å². The van der Waals surface area contributed by atoms with E-state index in [2.05, 4.69) is 60.3 Å². The molecule has 2 aromatic rings. The Kier molecular flexibility index (Phi) is 6.94. The van der Waals surface area contributed by atoms with Gasteiger partial charge in [-0.3, -0.25) is 4.79 Å². The van der Waals surface area contributed by atoms with Crippen LogP contribution < -0.4 is 4.90 Å². The Hall–Kier alpha value is -1.49. The Balaban J connectivity index is 0.00000225. The Morgan fingerprint density at radius 2 is 1.80 bits per heavy atom. The van der Waals surface area contributed by atoms with Crippen LogP contribution in [0, 0.1) is 0 Å². The van der Waals surface area contributed by atoms with Gasteiger partial charge < -0.3 is 9.80 Å². The van der Waals surface area contributed by atoms with Gasteiger partial charge in [0.25, 0.3) is 0 Å². The molecule has 3 nitrogen and oxygen atoms in total. The van der Waals surface area contributed by atoms with Crippen molar-refractivity contribution in [2.75, 3.05) is 32.1 Å². The fourth-order valence-corrected chi connectivity index (χ4v) is 4.07. The highest BCUT2D eigenvalue weighted by molar-refractivity contribution is 7.99. The minimum absolute atomic E-state index is 0. The van der Waals surface area contributed by atoms with Crippen LogP contribution in [-0.4, -0.2) is 37.9 Å². The summed E-state index contributed by atoms with van der Waals surface area (Å²) < 4.78 is 0. The van der Waals surface area contributed by atoms with Crippen LogP contribution in [0.25, 0.3) is 0 Å². The maximum atomic E-state index is 12.1. The lowest BCUT2D eigenvalue weighted by molar-refractivity contribution is 0.0988. The number of hydrogen-bond donors (Lipinski definition) is 0. The van der Waals surface area contributed by atoms with Gasteiger partial charge in [0.1, 0.15) is 0 Å². The van der Waals surface area contributed by atoms with Crippen molar-refractivity contribution in [3.8, 4) is 0 Å². The first kappa shape index (κ1) is 19.8. The number of carbonyl (C=O) groups excluding carboxylic acids is 1. The first-order valence-corrected chi connectivity index (χ1v) is 9.28. The first-order valence-electron chi connectivity index (χ1n) is 8.46. The Labute approximate surface area is 160 Å². The highest BCUT2D eigenvalue weighted by atomic mass is 35.5. The SMILES string of the molecule is CCC(=O)c1ccc2c(c1)N(CCCN(C)C)c1ccccc1S2.Cl. The molecular weight excluding hydrogens is 352 g/mol. The number of nitrogens with zero attached hydrogens (tertiary/aromatic N) is 2. The van der Waals surface area contributed by atoms with E-state index in [0.29, 0.717) is 6.42 Å².